The van der Waals surface area contributed by atoms with Crippen LogP contribution in [0.2, 0.25) is 0 Å². The molecule has 0 unspecified atom stereocenters. The Bertz CT molecular complexity index is 609. The molecule has 1 aliphatic rings. The first-order chi connectivity index (χ1) is 10.3. The Hall–Kier alpha value is -2.36. The van der Waals surface area contributed by atoms with Crippen molar-refractivity contribution in [3.05, 3.63) is 54.2 Å². The van der Waals surface area contributed by atoms with E-state index in [1.807, 2.05) is 36.4 Å². The van der Waals surface area contributed by atoms with E-state index in [0.717, 1.165) is 24.8 Å². The number of aromatic nitrogens is 1. The maximum atomic E-state index is 12.0. The molecule has 4 heteroatoms. The Balaban J connectivity index is 1.66. The largest absolute Gasteiger partial charge is 0.485 e. The maximum absolute atomic E-state index is 12.0. The SMILES string of the molecule is O=C(Nc1ncccc1OCc1ccccc1)C1CCC1. The van der Waals surface area contributed by atoms with Crippen molar-refractivity contribution in [2.24, 2.45) is 5.92 Å². The van der Waals surface area contributed by atoms with Crippen LogP contribution < -0.4 is 10.1 Å². The van der Waals surface area contributed by atoms with Gasteiger partial charge in [-0.2, -0.15) is 0 Å². The summed E-state index contributed by atoms with van der Waals surface area (Å²) in [7, 11) is 0. The number of rotatable bonds is 5. The van der Waals surface area contributed by atoms with Gasteiger partial charge in [-0.1, -0.05) is 36.8 Å². The van der Waals surface area contributed by atoms with Crippen molar-refractivity contribution in [1.82, 2.24) is 4.98 Å². The average Bonchev–Trinajstić information content (AvgIpc) is 2.45. The number of nitrogens with zero attached hydrogens (tertiary/aromatic N) is 1. The van der Waals surface area contributed by atoms with Gasteiger partial charge in [0.2, 0.25) is 5.91 Å². The summed E-state index contributed by atoms with van der Waals surface area (Å²) in [5, 5.41) is 2.87. The lowest BCUT2D eigenvalue weighted by molar-refractivity contribution is -0.122. The topological polar surface area (TPSA) is 51.2 Å². The Morgan fingerprint density at radius 2 is 2.00 bits per heavy atom. The number of hydrogen-bond donors (Lipinski definition) is 1. The summed E-state index contributed by atoms with van der Waals surface area (Å²) >= 11 is 0. The fourth-order valence-corrected chi connectivity index (χ4v) is 2.23. The molecule has 1 N–H and O–H groups in total. The Morgan fingerprint density at radius 3 is 2.71 bits per heavy atom. The van der Waals surface area contributed by atoms with Crippen LogP contribution in [0.15, 0.2) is 48.7 Å². The summed E-state index contributed by atoms with van der Waals surface area (Å²) in [4.78, 5) is 16.2. The van der Waals surface area contributed by atoms with Gasteiger partial charge in [-0.05, 0) is 30.5 Å². The maximum Gasteiger partial charge on any atom is 0.228 e. The van der Waals surface area contributed by atoms with E-state index in [-0.39, 0.29) is 11.8 Å². The smallest absolute Gasteiger partial charge is 0.228 e. The van der Waals surface area contributed by atoms with Crippen LogP contribution in [0.5, 0.6) is 5.75 Å². The summed E-state index contributed by atoms with van der Waals surface area (Å²) in [6, 6.07) is 13.6. The molecule has 0 radical (unpaired) electrons. The number of pyridine rings is 1. The van der Waals surface area contributed by atoms with Crippen molar-refractivity contribution in [2.45, 2.75) is 25.9 Å². The van der Waals surface area contributed by atoms with Crippen LogP contribution >= 0.6 is 0 Å². The highest BCUT2D eigenvalue weighted by molar-refractivity contribution is 5.93. The number of carbonyl (C=O) groups excluding carboxylic acids is 1. The molecule has 0 saturated heterocycles. The van der Waals surface area contributed by atoms with Gasteiger partial charge in [0.1, 0.15) is 6.61 Å². The molecule has 1 amide bonds. The van der Waals surface area contributed by atoms with E-state index in [9.17, 15) is 4.79 Å². The molecule has 1 heterocycles. The van der Waals surface area contributed by atoms with Crippen LogP contribution in [-0.4, -0.2) is 10.9 Å². The molecule has 1 aromatic carbocycles. The number of benzene rings is 1. The zero-order chi connectivity index (χ0) is 14.5. The minimum absolute atomic E-state index is 0.0458. The lowest BCUT2D eigenvalue weighted by Crippen LogP contribution is -2.28. The minimum atomic E-state index is 0.0458. The Labute approximate surface area is 124 Å². The highest BCUT2D eigenvalue weighted by Gasteiger charge is 2.26. The molecule has 1 aromatic heterocycles. The van der Waals surface area contributed by atoms with E-state index < -0.39 is 0 Å². The Morgan fingerprint density at radius 1 is 1.19 bits per heavy atom. The van der Waals surface area contributed by atoms with Crippen LogP contribution in [0.3, 0.4) is 0 Å². The van der Waals surface area contributed by atoms with Crippen LogP contribution in [0.25, 0.3) is 0 Å². The molecule has 4 nitrogen and oxygen atoms in total. The predicted molar refractivity (Wildman–Crippen MR) is 81.0 cm³/mol. The second-order valence-corrected chi connectivity index (χ2v) is 5.24. The number of nitrogens with one attached hydrogen (secondary N) is 1. The number of carbonyl (C=O) groups is 1. The van der Waals surface area contributed by atoms with E-state index in [2.05, 4.69) is 10.3 Å². The van der Waals surface area contributed by atoms with Gasteiger partial charge >= 0.3 is 0 Å². The molecule has 21 heavy (non-hydrogen) atoms. The number of anilines is 1. The molecule has 0 atom stereocenters. The molecule has 2 aromatic rings. The summed E-state index contributed by atoms with van der Waals surface area (Å²) in [6.07, 6.45) is 4.74. The van der Waals surface area contributed by atoms with Crippen LogP contribution in [-0.2, 0) is 11.4 Å². The second kappa shape index (κ2) is 6.39. The molecule has 0 aliphatic heterocycles. The highest BCUT2D eigenvalue weighted by atomic mass is 16.5. The minimum Gasteiger partial charge on any atom is -0.485 e. The van der Waals surface area contributed by atoms with Crippen molar-refractivity contribution >= 4 is 11.7 Å². The van der Waals surface area contributed by atoms with E-state index in [1.165, 1.54) is 0 Å². The molecular weight excluding hydrogens is 264 g/mol. The standard InChI is InChI=1S/C17H18N2O2/c20-17(14-8-4-9-14)19-16-15(10-5-11-18-16)21-12-13-6-2-1-3-7-13/h1-3,5-7,10-11,14H,4,8-9,12H2,(H,18,19,20). The van der Waals surface area contributed by atoms with Gasteiger partial charge < -0.3 is 10.1 Å². The van der Waals surface area contributed by atoms with Crippen LogP contribution in [0, 0.1) is 5.92 Å². The summed E-state index contributed by atoms with van der Waals surface area (Å²) in [5.41, 5.74) is 1.08. The summed E-state index contributed by atoms with van der Waals surface area (Å²) in [5.74, 6) is 1.29. The van der Waals surface area contributed by atoms with Gasteiger partial charge in [-0.25, -0.2) is 4.98 Å². The second-order valence-electron chi connectivity index (χ2n) is 5.24. The first-order valence-corrected chi connectivity index (χ1v) is 7.25. The van der Waals surface area contributed by atoms with Crippen LogP contribution in [0.1, 0.15) is 24.8 Å². The van der Waals surface area contributed by atoms with Gasteiger partial charge in [-0.3, -0.25) is 4.79 Å². The van der Waals surface area contributed by atoms with E-state index in [1.54, 1.807) is 12.3 Å². The molecule has 1 saturated carbocycles. The quantitative estimate of drug-likeness (QED) is 0.914. The third kappa shape index (κ3) is 3.40. The molecule has 108 valence electrons. The highest BCUT2D eigenvalue weighted by Crippen LogP contribution is 2.29. The fraction of sp³-hybridized carbons (Fsp3) is 0.294. The first kappa shape index (κ1) is 13.6. The molecule has 3 rings (SSSR count). The molecule has 0 spiro atoms. The third-order valence-corrected chi connectivity index (χ3v) is 3.73. The summed E-state index contributed by atoms with van der Waals surface area (Å²) < 4.78 is 5.78. The molecular formula is C17H18N2O2. The Kier molecular flexibility index (Phi) is 4.15. The van der Waals surface area contributed by atoms with Crippen molar-refractivity contribution in [2.75, 3.05) is 5.32 Å². The van der Waals surface area contributed by atoms with Gasteiger partial charge in [0.25, 0.3) is 0 Å². The monoisotopic (exact) mass is 282 g/mol. The van der Waals surface area contributed by atoms with E-state index >= 15 is 0 Å². The van der Waals surface area contributed by atoms with Crippen molar-refractivity contribution in [3.8, 4) is 5.75 Å². The number of hydrogen-bond acceptors (Lipinski definition) is 3. The first-order valence-electron chi connectivity index (χ1n) is 7.25. The predicted octanol–water partition coefficient (Wildman–Crippen LogP) is 3.40. The van der Waals surface area contributed by atoms with Crippen LogP contribution in [0.4, 0.5) is 5.82 Å². The van der Waals surface area contributed by atoms with Gasteiger partial charge in [-0.15, -0.1) is 0 Å². The molecule has 0 bridgehead atoms. The van der Waals surface area contributed by atoms with Gasteiger partial charge in [0, 0.05) is 12.1 Å². The third-order valence-electron chi connectivity index (χ3n) is 3.73. The van der Waals surface area contributed by atoms with Gasteiger partial charge in [0.05, 0.1) is 0 Å². The number of ether oxygens (including phenoxy) is 1. The lowest BCUT2D eigenvalue weighted by atomic mass is 9.85. The zero-order valence-electron chi connectivity index (χ0n) is 11.8. The lowest BCUT2D eigenvalue weighted by Gasteiger charge is -2.24. The van der Waals surface area contributed by atoms with E-state index in [0.29, 0.717) is 18.2 Å². The summed E-state index contributed by atoms with van der Waals surface area (Å²) in [6.45, 7) is 0.457. The average molecular weight is 282 g/mol. The normalized spacial score (nSPS) is 14.3. The van der Waals surface area contributed by atoms with Crippen molar-refractivity contribution in [3.63, 3.8) is 0 Å². The zero-order valence-corrected chi connectivity index (χ0v) is 11.8. The molecule has 1 fully saturated rings. The van der Waals surface area contributed by atoms with Gasteiger partial charge in [0.15, 0.2) is 11.6 Å². The van der Waals surface area contributed by atoms with Crippen molar-refractivity contribution in [1.29, 1.82) is 0 Å². The fourth-order valence-electron chi connectivity index (χ4n) is 2.23. The number of amides is 1. The molecule has 1 aliphatic carbocycles. The van der Waals surface area contributed by atoms with Crippen molar-refractivity contribution < 1.29 is 9.53 Å². The van der Waals surface area contributed by atoms with E-state index in [4.69, 9.17) is 4.74 Å².